The second kappa shape index (κ2) is 5.39. The molecule has 1 aromatic rings. The lowest BCUT2D eigenvalue weighted by molar-refractivity contribution is 0.134. The van der Waals surface area contributed by atoms with Gasteiger partial charge >= 0.3 is 0 Å². The van der Waals surface area contributed by atoms with Gasteiger partial charge in [0.1, 0.15) is 0 Å². The molecule has 3 heteroatoms. The molecule has 0 fully saturated rings. The van der Waals surface area contributed by atoms with Crippen molar-refractivity contribution in [3.8, 4) is 11.8 Å². The van der Waals surface area contributed by atoms with Gasteiger partial charge in [-0.05, 0) is 32.4 Å². The fourth-order valence-electron chi connectivity index (χ4n) is 2.12. The normalized spacial score (nSPS) is 12.0. The van der Waals surface area contributed by atoms with Crippen LogP contribution in [0.5, 0.6) is 5.75 Å². The standard InChI is InChI=1S/C15H20FNO/c1-14(2,10-17)9-15(3,4)11-18-13-8-6-5-7-12(13)16/h5-8H,9,11H2,1-4H3. The number of halogens is 1. The van der Waals surface area contributed by atoms with Crippen LogP contribution in [0.3, 0.4) is 0 Å². The number of ether oxygens (including phenoxy) is 1. The summed E-state index contributed by atoms with van der Waals surface area (Å²) in [5.74, 6) is -0.0896. The molecule has 0 N–H and O–H groups in total. The molecule has 1 aromatic carbocycles. The predicted octanol–water partition coefficient (Wildman–Crippen LogP) is 4.17. The van der Waals surface area contributed by atoms with E-state index in [0.29, 0.717) is 13.0 Å². The Morgan fingerprint density at radius 3 is 2.39 bits per heavy atom. The molecule has 0 aliphatic rings. The van der Waals surface area contributed by atoms with Gasteiger partial charge in [0.15, 0.2) is 11.6 Å². The molecule has 0 saturated heterocycles. The molecule has 0 aliphatic carbocycles. The van der Waals surface area contributed by atoms with Crippen molar-refractivity contribution in [3.63, 3.8) is 0 Å². The molecular weight excluding hydrogens is 229 g/mol. The van der Waals surface area contributed by atoms with Crippen LogP contribution in [0.25, 0.3) is 0 Å². The fourth-order valence-corrected chi connectivity index (χ4v) is 2.12. The van der Waals surface area contributed by atoms with Crippen LogP contribution in [0.2, 0.25) is 0 Å². The molecule has 0 radical (unpaired) electrons. The van der Waals surface area contributed by atoms with Crippen LogP contribution < -0.4 is 4.74 Å². The van der Waals surface area contributed by atoms with Gasteiger partial charge in [-0.3, -0.25) is 0 Å². The van der Waals surface area contributed by atoms with Gasteiger partial charge in [-0.1, -0.05) is 26.0 Å². The molecule has 0 aromatic heterocycles. The van der Waals surface area contributed by atoms with Gasteiger partial charge in [-0.25, -0.2) is 4.39 Å². The highest BCUT2D eigenvalue weighted by Gasteiger charge is 2.29. The van der Waals surface area contributed by atoms with Crippen LogP contribution >= 0.6 is 0 Å². The maximum absolute atomic E-state index is 13.4. The first kappa shape index (κ1) is 14.5. The van der Waals surface area contributed by atoms with Crippen LogP contribution in [-0.4, -0.2) is 6.61 Å². The SMILES string of the molecule is CC(C)(C#N)CC(C)(C)COc1ccccc1F. The summed E-state index contributed by atoms with van der Waals surface area (Å²) < 4.78 is 18.9. The van der Waals surface area contributed by atoms with Crippen molar-refractivity contribution < 1.29 is 9.13 Å². The number of nitrogens with zero attached hydrogens (tertiary/aromatic N) is 1. The third kappa shape index (κ3) is 4.37. The molecule has 0 unspecified atom stereocenters. The maximum atomic E-state index is 13.4. The van der Waals surface area contributed by atoms with Crippen molar-refractivity contribution in [2.24, 2.45) is 10.8 Å². The highest BCUT2D eigenvalue weighted by molar-refractivity contribution is 5.23. The van der Waals surface area contributed by atoms with E-state index in [9.17, 15) is 4.39 Å². The zero-order valence-electron chi connectivity index (χ0n) is 11.5. The second-order valence-corrected chi connectivity index (χ2v) is 6.06. The first-order valence-electron chi connectivity index (χ1n) is 6.04. The van der Waals surface area contributed by atoms with Gasteiger partial charge in [-0.2, -0.15) is 5.26 Å². The van der Waals surface area contributed by atoms with Crippen LogP contribution in [0.4, 0.5) is 4.39 Å². The van der Waals surface area contributed by atoms with Crippen molar-refractivity contribution in [1.29, 1.82) is 5.26 Å². The lowest BCUT2D eigenvalue weighted by Gasteiger charge is -2.30. The molecule has 0 amide bonds. The van der Waals surface area contributed by atoms with Gasteiger partial charge in [-0.15, -0.1) is 0 Å². The summed E-state index contributed by atoms with van der Waals surface area (Å²) in [7, 11) is 0. The number of hydrogen-bond acceptors (Lipinski definition) is 2. The Morgan fingerprint density at radius 2 is 1.83 bits per heavy atom. The first-order chi connectivity index (χ1) is 8.26. The van der Waals surface area contributed by atoms with Crippen molar-refractivity contribution in [2.75, 3.05) is 6.61 Å². The lowest BCUT2D eigenvalue weighted by Crippen LogP contribution is -2.28. The number of nitriles is 1. The minimum Gasteiger partial charge on any atom is -0.490 e. The van der Waals surface area contributed by atoms with Gasteiger partial charge in [0.05, 0.1) is 18.1 Å². The second-order valence-electron chi connectivity index (χ2n) is 6.06. The van der Waals surface area contributed by atoms with Gasteiger partial charge in [0.2, 0.25) is 0 Å². The summed E-state index contributed by atoms with van der Waals surface area (Å²) in [4.78, 5) is 0. The minimum atomic E-state index is -0.401. The van der Waals surface area contributed by atoms with Crippen molar-refractivity contribution >= 4 is 0 Å². The quantitative estimate of drug-likeness (QED) is 0.784. The van der Waals surface area contributed by atoms with Crippen LogP contribution in [0, 0.1) is 28.0 Å². The summed E-state index contributed by atoms with van der Waals surface area (Å²) >= 11 is 0. The molecule has 0 atom stereocenters. The lowest BCUT2D eigenvalue weighted by atomic mass is 9.76. The molecule has 98 valence electrons. The van der Waals surface area contributed by atoms with E-state index in [1.165, 1.54) is 6.07 Å². The Balaban J connectivity index is 2.63. The van der Waals surface area contributed by atoms with Gasteiger partial charge in [0, 0.05) is 5.41 Å². The zero-order chi connectivity index (χ0) is 13.8. The monoisotopic (exact) mass is 249 g/mol. The molecule has 0 saturated carbocycles. The first-order valence-corrected chi connectivity index (χ1v) is 6.04. The zero-order valence-corrected chi connectivity index (χ0v) is 11.5. The molecule has 0 aliphatic heterocycles. The number of rotatable bonds is 5. The molecule has 0 heterocycles. The van der Waals surface area contributed by atoms with E-state index < -0.39 is 5.41 Å². The van der Waals surface area contributed by atoms with E-state index in [0.717, 1.165) is 0 Å². The topological polar surface area (TPSA) is 33.0 Å². The Morgan fingerprint density at radius 1 is 1.22 bits per heavy atom. The Kier molecular flexibility index (Phi) is 4.34. The van der Waals surface area contributed by atoms with Crippen molar-refractivity contribution in [3.05, 3.63) is 30.1 Å². The minimum absolute atomic E-state index is 0.179. The van der Waals surface area contributed by atoms with E-state index >= 15 is 0 Å². The van der Waals surface area contributed by atoms with E-state index in [2.05, 4.69) is 6.07 Å². The fraction of sp³-hybridized carbons (Fsp3) is 0.533. The van der Waals surface area contributed by atoms with E-state index in [-0.39, 0.29) is 17.0 Å². The summed E-state index contributed by atoms with van der Waals surface area (Å²) in [5, 5.41) is 9.04. The van der Waals surface area contributed by atoms with Crippen molar-refractivity contribution in [2.45, 2.75) is 34.1 Å². The number of hydrogen-bond donors (Lipinski definition) is 0. The smallest absolute Gasteiger partial charge is 0.165 e. The molecule has 18 heavy (non-hydrogen) atoms. The molecule has 0 bridgehead atoms. The number of benzene rings is 1. The van der Waals surface area contributed by atoms with Crippen LogP contribution in [0.15, 0.2) is 24.3 Å². The molecule has 2 nitrogen and oxygen atoms in total. The Hall–Kier alpha value is -1.56. The molecular formula is C15H20FNO. The maximum Gasteiger partial charge on any atom is 0.165 e. The number of para-hydroxylation sites is 1. The summed E-state index contributed by atoms with van der Waals surface area (Å²) in [6.07, 6.45) is 0.699. The predicted molar refractivity (Wildman–Crippen MR) is 69.7 cm³/mol. The highest BCUT2D eigenvalue weighted by Crippen LogP contribution is 2.33. The summed E-state index contributed by atoms with van der Waals surface area (Å²) in [6.45, 7) is 8.23. The average molecular weight is 249 g/mol. The van der Waals surface area contributed by atoms with Crippen molar-refractivity contribution in [1.82, 2.24) is 0 Å². The van der Waals surface area contributed by atoms with Crippen LogP contribution in [-0.2, 0) is 0 Å². The van der Waals surface area contributed by atoms with E-state index in [1.54, 1.807) is 18.2 Å². The third-order valence-corrected chi connectivity index (χ3v) is 2.68. The molecule has 1 rings (SSSR count). The average Bonchev–Trinajstić information content (AvgIpc) is 2.27. The van der Waals surface area contributed by atoms with Gasteiger partial charge < -0.3 is 4.74 Å². The summed E-state index contributed by atoms with van der Waals surface area (Å²) in [6, 6.07) is 8.64. The third-order valence-electron chi connectivity index (χ3n) is 2.68. The van der Waals surface area contributed by atoms with E-state index in [1.807, 2.05) is 27.7 Å². The summed E-state index contributed by atoms with van der Waals surface area (Å²) in [5.41, 5.74) is -0.580. The highest BCUT2D eigenvalue weighted by atomic mass is 19.1. The van der Waals surface area contributed by atoms with Crippen LogP contribution in [0.1, 0.15) is 34.1 Å². The van der Waals surface area contributed by atoms with E-state index in [4.69, 9.17) is 10.00 Å². The largest absolute Gasteiger partial charge is 0.490 e. The van der Waals surface area contributed by atoms with Gasteiger partial charge in [0.25, 0.3) is 0 Å². The molecule has 0 spiro atoms. The Bertz CT molecular complexity index is 446. The Labute approximate surface area is 108 Å².